The van der Waals surface area contributed by atoms with Crippen molar-refractivity contribution in [3.05, 3.63) is 69.0 Å². The molecule has 144 valence electrons. The number of aromatic nitrogens is 1. The minimum absolute atomic E-state index is 0.00196. The van der Waals surface area contributed by atoms with Crippen molar-refractivity contribution in [1.82, 2.24) is 10.3 Å². The van der Waals surface area contributed by atoms with Gasteiger partial charge in [-0.1, -0.05) is 41.9 Å². The van der Waals surface area contributed by atoms with Gasteiger partial charge in [-0.25, -0.2) is 9.78 Å². The molecule has 1 aromatic heterocycles. The van der Waals surface area contributed by atoms with Crippen LogP contribution in [0.1, 0.15) is 23.7 Å². The summed E-state index contributed by atoms with van der Waals surface area (Å²) in [6.45, 7) is 0.146. The topological polar surface area (TPSA) is 135 Å². The lowest BCUT2D eigenvalue weighted by atomic mass is 10.0. The Morgan fingerprint density at radius 3 is 2.70 bits per heavy atom. The van der Waals surface area contributed by atoms with Crippen LogP contribution < -0.4 is 5.32 Å². The van der Waals surface area contributed by atoms with Crippen molar-refractivity contribution in [1.29, 1.82) is 0 Å². The van der Waals surface area contributed by atoms with Gasteiger partial charge in [0.1, 0.15) is 12.7 Å². The third-order valence-corrected chi connectivity index (χ3v) is 3.96. The summed E-state index contributed by atoms with van der Waals surface area (Å²) in [4.78, 5) is 25.4. The van der Waals surface area contributed by atoms with Gasteiger partial charge in [0.05, 0.1) is 11.0 Å². The van der Waals surface area contributed by atoms with Crippen LogP contribution in [0.5, 0.6) is 0 Å². The fourth-order valence-corrected chi connectivity index (χ4v) is 2.39. The molecule has 0 spiro atoms. The molecule has 2 rings (SSSR count). The first-order chi connectivity index (χ1) is 12.9. The zero-order valence-electron chi connectivity index (χ0n) is 14.1. The van der Waals surface area contributed by atoms with Crippen LogP contribution in [0.4, 0.5) is 10.5 Å². The average molecular weight is 396 g/mol. The number of nitrogens with zero attached hydrogens (tertiary/aromatic N) is 2. The number of alkyl carbamates (subject to hydrolysis) is 1. The van der Waals surface area contributed by atoms with E-state index < -0.39 is 28.9 Å². The van der Waals surface area contributed by atoms with E-state index in [1.54, 1.807) is 0 Å². The van der Waals surface area contributed by atoms with Gasteiger partial charge in [0.15, 0.2) is 0 Å². The van der Waals surface area contributed by atoms with Gasteiger partial charge in [0, 0.05) is 24.4 Å². The zero-order chi connectivity index (χ0) is 19.8. The van der Waals surface area contributed by atoms with Crippen molar-refractivity contribution >= 4 is 23.4 Å². The number of halogens is 1. The number of nitrogens with one attached hydrogen (secondary N) is 1. The lowest BCUT2D eigenvalue weighted by Crippen LogP contribution is -2.29. The summed E-state index contributed by atoms with van der Waals surface area (Å²) in [5.74, 6) is 0. The zero-order valence-corrected chi connectivity index (χ0v) is 14.9. The summed E-state index contributed by atoms with van der Waals surface area (Å²) in [6, 6.07) is 10.2. The molecule has 2 unspecified atom stereocenters. The number of ether oxygens (including phenoxy) is 1. The van der Waals surface area contributed by atoms with Crippen molar-refractivity contribution in [2.75, 3.05) is 6.54 Å². The number of aliphatic hydroxyl groups is 2. The lowest BCUT2D eigenvalue weighted by molar-refractivity contribution is -0.385. The number of hydrogen-bond acceptors (Lipinski definition) is 7. The van der Waals surface area contributed by atoms with Crippen LogP contribution in [-0.2, 0) is 11.3 Å². The molecule has 1 aromatic carbocycles. The second kappa shape index (κ2) is 9.81. The number of nitro groups is 1. The first-order valence-corrected chi connectivity index (χ1v) is 8.36. The lowest BCUT2D eigenvalue weighted by Gasteiger charge is -2.18. The SMILES string of the molecule is O=C(NCCC(O)C(O)c1cnc(Cl)c([N+](=O)[O-])c1)OCc1ccccc1. The van der Waals surface area contributed by atoms with Crippen LogP contribution in [0.15, 0.2) is 42.6 Å². The summed E-state index contributed by atoms with van der Waals surface area (Å²) in [5, 5.41) is 33.1. The number of benzene rings is 1. The molecule has 0 aliphatic rings. The minimum Gasteiger partial charge on any atom is -0.445 e. The summed E-state index contributed by atoms with van der Waals surface area (Å²) in [7, 11) is 0. The van der Waals surface area contributed by atoms with E-state index in [0.717, 1.165) is 17.8 Å². The summed E-state index contributed by atoms with van der Waals surface area (Å²) in [5.41, 5.74) is 0.410. The molecule has 10 heteroatoms. The van der Waals surface area contributed by atoms with E-state index in [0.29, 0.717) is 0 Å². The van der Waals surface area contributed by atoms with Crippen LogP contribution in [-0.4, -0.2) is 38.9 Å². The number of amides is 1. The Labute approximate surface area is 159 Å². The molecule has 2 aromatic rings. The van der Waals surface area contributed by atoms with E-state index in [9.17, 15) is 25.1 Å². The molecule has 27 heavy (non-hydrogen) atoms. The van der Waals surface area contributed by atoms with Gasteiger partial charge < -0.3 is 20.3 Å². The Hall–Kier alpha value is -2.75. The van der Waals surface area contributed by atoms with Gasteiger partial charge in [-0.05, 0) is 12.0 Å². The van der Waals surface area contributed by atoms with Crippen LogP contribution in [0.25, 0.3) is 0 Å². The molecule has 0 saturated heterocycles. The summed E-state index contributed by atoms with van der Waals surface area (Å²) >= 11 is 5.61. The van der Waals surface area contributed by atoms with E-state index in [2.05, 4.69) is 10.3 Å². The normalized spacial score (nSPS) is 12.9. The molecule has 0 aliphatic carbocycles. The maximum Gasteiger partial charge on any atom is 0.407 e. The van der Waals surface area contributed by atoms with Gasteiger partial charge >= 0.3 is 11.8 Å². The molecule has 0 aliphatic heterocycles. The largest absolute Gasteiger partial charge is 0.445 e. The average Bonchev–Trinajstić information content (AvgIpc) is 2.66. The third kappa shape index (κ3) is 6.17. The molecule has 9 nitrogen and oxygen atoms in total. The van der Waals surface area contributed by atoms with Crippen molar-refractivity contribution in [2.45, 2.75) is 25.2 Å². The highest BCUT2D eigenvalue weighted by Gasteiger charge is 2.23. The van der Waals surface area contributed by atoms with Crippen molar-refractivity contribution in [3.63, 3.8) is 0 Å². The molecule has 0 saturated carbocycles. The highest BCUT2D eigenvalue weighted by Crippen LogP contribution is 2.27. The molecular weight excluding hydrogens is 378 g/mol. The summed E-state index contributed by atoms with van der Waals surface area (Å²) < 4.78 is 5.02. The second-order valence-corrected chi connectivity index (χ2v) is 5.98. The highest BCUT2D eigenvalue weighted by molar-refractivity contribution is 6.31. The van der Waals surface area contributed by atoms with Gasteiger partial charge in [0.2, 0.25) is 5.15 Å². The third-order valence-electron chi connectivity index (χ3n) is 3.67. The van der Waals surface area contributed by atoms with Crippen LogP contribution in [0, 0.1) is 10.1 Å². The van der Waals surface area contributed by atoms with Gasteiger partial charge in [-0.3, -0.25) is 10.1 Å². The predicted octanol–water partition coefficient (Wildman–Crippen LogP) is 2.35. The first-order valence-electron chi connectivity index (χ1n) is 7.99. The van der Waals surface area contributed by atoms with Gasteiger partial charge in [-0.15, -0.1) is 0 Å². The fraction of sp³-hybridized carbons (Fsp3) is 0.294. The molecule has 1 amide bonds. The van der Waals surface area contributed by atoms with E-state index in [1.165, 1.54) is 0 Å². The van der Waals surface area contributed by atoms with Crippen LogP contribution in [0.2, 0.25) is 5.15 Å². The first kappa shape index (κ1) is 20.6. The van der Waals surface area contributed by atoms with Crippen molar-refractivity contribution in [2.24, 2.45) is 0 Å². The quantitative estimate of drug-likeness (QED) is 0.354. The summed E-state index contributed by atoms with van der Waals surface area (Å²) in [6.07, 6.45) is -2.22. The highest BCUT2D eigenvalue weighted by atomic mass is 35.5. The van der Waals surface area contributed by atoms with E-state index in [1.807, 2.05) is 30.3 Å². The van der Waals surface area contributed by atoms with Crippen molar-refractivity contribution in [3.8, 4) is 0 Å². The molecule has 3 N–H and O–H groups in total. The molecule has 2 atom stereocenters. The Kier molecular flexibility index (Phi) is 7.47. The van der Waals surface area contributed by atoms with E-state index in [-0.39, 0.29) is 30.3 Å². The number of pyridine rings is 1. The maximum absolute atomic E-state index is 11.6. The minimum atomic E-state index is -1.42. The van der Waals surface area contributed by atoms with Gasteiger partial charge in [0.25, 0.3) is 0 Å². The number of hydrogen-bond donors (Lipinski definition) is 3. The van der Waals surface area contributed by atoms with E-state index in [4.69, 9.17) is 16.3 Å². The molecule has 0 radical (unpaired) electrons. The van der Waals surface area contributed by atoms with Gasteiger partial charge in [-0.2, -0.15) is 0 Å². The standard InChI is InChI=1S/C17H18ClN3O6/c18-16-13(21(25)26)8-12(9-20-16)15(23)14(22)6-7-19-17(24)27-10-11-4-2-1-3-5-11/h1-5,8-9,14-15,22-23H,6-7,10H2,(H,19,24). The Morgan fingerprint density at radius 1 is 1.33 bits per heavy atom. The smallest absolute Gasteiger partial charge is 0.407 e. The van der Waals surface area contributed by atoms with Crippen LogP contribution >= 0.6 is 11.6 Å². The monoisotopic (exact) mass is 395 g/mol. The second-order valence-electron chi connectivity index (χ2n) is 5.63. The van der Waals surface area contributed by atoms with E-state index >= 15 is 0 Å². The molecular formula is C17H18ClN3O6. The Morgan fingerprint density at radius 2 is 2.04 bits per heavy atom. The van der Waals surface area contributed by atoms with Crippen LogP contribution in [0.3, 0.4) is 0 Å². The maximum atomic E-state index is 11.6. The predicted molar refractivity (Wildman–Crippen MR) is 96.1 cm³/mol. The Bertz CT molecular complexity index is 789. The van der Waals surface area contributed by atoms with Crippen molar-refractivity contribution < 1.29 is 24.7 Å². The molecule has 1 heterocycles. The number of rotatable bonds is 8. The fourth-order valence-electron chi connectivity index (χ4n) is 2.22. The molecule has 0 bridgehead atoms. The number of carbonyl (C=O) groups is 1. The molecule has 0 fully saturated rings. The number of aliphatic hydroxyl groups excluding tert-OH is 2. The Balaban J connectivity index is 1.79. The number of carbonyl (C=O) groups excluding carboxylic acids is 1.